The molecule has 0 saturated carbocycles. The summed E-state index contributed by atoms with van der Waals surface area (Å²) in [6, 6.07) is 13.5. The van der Waals surface area contributed by atoms with Gasteiger partial charge in [-0.25, -0.2) is 4.79 Å². The Labute approximate surface area is 161 Å². The summed E-state index contributed by atoms with van der Waals surface area (Å²) in [7, 11) is 0. The Kier molecular flexibility index (Phi) is 5.98. The van der Waals surface area contributed by atoms with Crippen molar-refractivity contribution in [2.75, 3.05) is 29.9 Å². The van der Waals surface area contributed by atoms with Gasteiger partial charge in [-0.3, -0.25) is 4.79 Å². The van der Waals surface area contributed by atoms with Crippen LogP contribution in [0.15, 0.2) is 48.5 Å². The fourth-order valence-corrected chi connectivity index (χ4v) is 2.87. The van der Waals surface area contributed by atoms with Crippen LogP contribution in [0.3, 0.4) is 0 Å². The molecule has 136 valence electrons. The number of amides is 3. The molecule has 1 aliphatic rings. The number of nitrogens with one attached hydrogen (secondary N) is 2. The van der Waals surface area contributed by atoms with Gasteiger partial charge in [0.1, 0.15) is 6.61 Å². The van der Waals surface area contributed by atoms with Crippen LogP contribution in [0, 0.1) is 0 Å². The van der Waals surface area contributed by atoms with E-state index in [-0.39, 0.29) is 31.2 Å². The number of benzene rings is 2. The molecule has 26 heavy (non-hydrogen) atoms. The highest BCUT2D eigenvalue weighted by atomic mass is 35.5. The maximum absolute atomic E-state index is 12.1. The van der Waals surface area contributed by atoms with Crippen molar-refractivity contribution in [2.45, 2.75) is 6.10 Å². The van der Waals surface area contributed by atoms with Gasteiger partial charge in [0, 0.05) is 28.0 Å². The minimum absolute atomic E-state index is 0.0440. The van der Waals surface area contributed by atoms with Crippen molar-refractivity contribution >= 4 is 46.5 Å². The molecule has 2 aromatic carbocycles. The van der Waals surface area contributed by atoms with Crippen LogP contribution in [0.5, 0.6) is 0 Å². The number of anilines is 2. The predicted molar refractivity (Wildman–Crippen MR) is 102 cm³/mol. The van der Waals surface area contributed by atoms with Crippen LogP contribution in [-0.4, -0.2) is 37.7 Å². The first-order valence-corrected chi connectivity index (χ1v) is 8.75. The number of hydrogen-bond donors (Lipinski definition) is 2. The summed E-state index contributed by atoms with van der Waals surface area (Å²) in [5, 5.41) is 6.60. The standard InChI is InChI=1S/C18H17Cl2N3O3/c19-12-4-6-14(7-5-12)22-18(25)21-9-16-10-23(17(24)11-26-16)15-3-1-2-13(20)8-15/h1-8,16H,9-11H2,(H2,21,22,25). The summed E-state index contributed by atoms with van der Waals surface area (Å²) in [6.45, 7) is 0.557. The van der Waals surface area contributed by atoms with Gasteiger partial charge in [-0.05, 0) is 42.5 Å². The molecule has 1 fully saturated rings. The van der Waals surface area contributed by atoms with Gasteiger partial charge in [-0.2, -0.15) is 0 Å². The molecule has 0 spiro atoms. The maximum Gasteiger partial charge on any atom is 0.319 e. The fourth-order valence-electron chi connectivity index (χ4n) is 2.56. The van der Waals surface area contributed by atoms with Crippen LogP contribution in [0.1, 0.15) is 0 Å². The summed E-state index contributed by atoms with van der Waals surface area (Å²) < 4.78 is 5.50. The second kappa shape index (κ2) is 8.40. The SMILES string of the molecule is O=C(NCC1CN(c2cccc(Cl)c2)C(=O)CO1)Nc1ccc(Cl)cc1. The summed E-state index contributed by atoms with van der Waals surface area (Å²) in [5.74, 6) is -0.144. The van der Waals surface area contributed by atoms with Crippen molar-refractivity contribution in [1.29, 1.82) is 0 Å². The second-order valence-electron chi connectivity index (χ2n) is 5.76. The van der Waals surface area contributed by atoms with Crippen molar-refractivity contribution in [3.8, 4) is 0 Å². The summed E-state index contributed by atoms with van der Waals surface area (Å²) in [4.78, 5) is 25.7. The van der Waals surface area contributed by atoms with Crippen molar-refractivity contribution in [3.63, 3.8) is 0 Å². The number of hydrogen-bond acceptors (Lipinski definition) is 3. The number of nitrogens with zero attached hydrogens (tertiary/aromatic N) is 1. The van der Waals surface area contributed by atoms with E-state index in [1.807, 2.05) is 6.07 Å². The van der Waals surface area contributed by atoms with Gasteiger partial charge in [0.25, 0.3) is 5.91 Å². The Morgan fingerprint density at radius 1 is 1.15 bits per heavy atom. The van der Waals surface area contributed by atoms with Crippen molar-refractivity contribution in [2.24, 2.45) is 0 Å². The average Bonchev–Trinajstić information content (AvgIpc) is 2.63. The first kappa shape index (κ1) is 18.5. The van der Waals surface area contributed by atoms with Crippen molar-refractivity contribution in [1.82, 2.24) is 5.32 Å². The van der Waals surface area contributed by atoms with Crippen LogP contribution in [0.25, 0.3) is 0 Å². The van der Waals surface area contributed by atoms with Gasteiger partial charge >= 0.3 is 6.03 Å². The third-order valence-corrected chi connectivity index (χ3v) is 4.33. The number of carbonyl (C=O) groups is 2. The number of rotatable bonds is 4. The van der Waals surface area contributed by atoms with E-state index in [1.54, 1.807) is 47.4 Å². The lowest BCUT2D eigenvalue weighted by Gasteiger charge is -2.33. The maximum atomic E-state index is 12.1. The largest absolute Gasteiger partial charge is 0.365 e. The van der Waals surface area contributed by atoms with E-state index in [4.69, 9.17) is 27.9 Å². The minimum atomic E-state index is -0.359. The first-order chi connectivity index (χ1) is 12.5. The van der Waals surface area contributed by atoms with Crippen LogP contribution < -0.4 is 15.5 Å². The smallest absolute Gasteiger partial charge is 0.319 e. The van der Waals surface area contributed by atoms with E-state index in [2.05, 4.69) is 10.6 Å². The Bertz CT molecular complexity index is 799. The third kappa shape index (κ3) is 4.88. The molecule has 8 heteroatoms. The minimum Gasteiger partial charge on any atom is -0.365 e. The van der Waals surface area contributed by atoms with E-state index < -0.39 is 0 Å². The summed E-state index contributed by atoms with van der Waals surface area (Å²) in [6.07, 6.45) is -0.317. The molecule has 0 bridgehead atoms. The zero-order chi connectivity index (χ0) is 18.5. The molecule has 1 saturated heterocycles. The average molecular weight is 394 g/mol. The van der Waals surface area contributed by atoms with Crippen LogP contribution in [0.4, 0.5) is 16.2 Å². The Morgan fingerprint density at radius 2 is 1.92 bits per heavy atom. The number of ether oxygens (including phenoxy) is 1. The molecule has 0 radical (unpaired) electrons. The number of carbonyl (C=O) groups excluding carboxylic acids is 2. The summed E-state index contributed by atoms with van der Waals surface area (Å²) >= 11 is 11.8. The zero-order valence-electron chi connectivity index (χ0n) is 13.7. The highest BCUT2D eigenvalue weighted by Gasteiger charge is 2.27. The zero-order valence-corrected chi connectivity index (χ0v) is 15.3. The van der Waals surface area contributed by atoms with E-state index >= 15 is 0 Å². The number of urea groups is 1. The fraction of sp³-hybridized carbons (Fsp3) is 0.222. The molecule has 2 aromatic rings. The summed E-state index contributed by atoms with van der Waals surface area (Å²) in [5.41, 5.74) is 1.34. The third-order valence-electron chi connectivity index (χ3n) is 3.84. The predicted octanol–water partition coefficient (Wildman–Crippen LogP) is 3.55. The van der Waals surface area contributed by atoms with Gasteiger partial charge < -0.3 is 20.3 Å². The molecular weight excluding hydrogens is 377 g/mol. The molecule has 0 aromatic heterocycles. The quantitative estimate of drug-likeness (QED) is 0.834. The molecule has 1 atom stereocenters. The molecule has 1 aliphatic heterocycles. The van der Waals surface area contributed by atoms with Crippen LogP contribution >= 0.6 is 23.2 Å². The normalized spacial score (nSPS) is 17.1. The topological polar surface area (TPSA) is 70.7 Å². The van der Waals surface area contributed by atoms with Gasteiger partial charge in [0.05, 0.1) is 12.6 Å². The molecule has 1 heterocycles. The lowest BCUT2D eigenvalue weighted by atomic mass is 10.2. The molecule has 1 unspecified atom stereocenters. The van der Waals surface area contributed by atoms with Gasteiger partial charge in [0.2, 0.25) is 0 Å². The number of halogens is 2. The molecule has 3 amide bonds. The van der Waals surface area contributed by atoms with E-state index in [0.717, 1.165) is 0 Å². The highest BCUT2D eigenvalue weighted by molar-refractivity contribution is 6.31. The molecule has 2 N–H and O–H groups in total. The Balaban J connectivity index is 1.54. The van der Waals surface area contributed by atoms with Gasteiger partial charge in [0.15, 0.2) is 0 Å². The van der Waals surface area contributed by atoms with Crippen LogP contribution in [-0.2, 0) is 9.53 Å². The molecule has 3 rings (SSSR count). The lowest BCUT2D eigenvalue weighted by molar-refractivity contribution is -0.129. The van der Waals surface area contributed by atoms with E-state index in [1.165, 1.54) is 0 Å². The van der Waals surface area contributed by atoms with Crippen molar-refractivity contribution in [3.05, 3.63) is 58.6 Å². The van der Waals surface area contributed by atoms with E-state index in [0.29, 0.717) is 28.0 Å². The first-order valence-electron chi connectivity index (χ1n) is 7.99. The van der Waals surface area contributed by atoms with Gasteiger partial charge in [-0.1, -0.05) is 29.3 Å². The van der Waals surface area contributed by atoms with Gasteiger partial charge in [-0.15, -0.1) is 0 Å². The highest BCUT2D eigenvalue weighted by Crippen LogP contribution is 2.22. The molecule has 6 nitrogen and oxygen atoms in total. The monoisotopic (exact) mass is 393 g/mol. The Hall–Kier alpha value is -2.28. The van der Waals surface area contributed by atoms with E-state index in [9.17, 15) is 9.59 Å². The second-order valence-corrected chi connectivity index (χ2v) is 6.63. The number of morpholine rings is 1. The van der Waals surface area contributed by atoms with Crippen LogP contribution in [0.2, 0.25) is 10.0 Å². The molecular formula is C18H17Cl2N3O3. The molecule has 0 aliphatic carbocycles. The lowest BCUT2D eigenvalue weighted by Crippen LogP contribution is -2.51. The Morgan fingerprint density at radius 3 is 2.65 bits per heavy atom. The van der Waals surface area contributed by atoms with Crippen molar-refractivity contribution < 1.29 is 14.3 Å².